The summed E-state index contributed by atoms with van der Waals surface area (Å²) in [5.74, 6) is -0.280. The molecule has 2 aromatic carbocycles. The maximum Gasteiger partial charge on any atom is 0.165 e. The predicted octanol–water partition coefficient (Wildman–Crippen LogP) is 3.02. The van der Waals surface area contributed by atoms with E-state index in [9.17, 15) is 4.39 Å². The highest BCUT2D eigenvalue weighted by molar-refractivity contribution is 5.93. The van der Waals surface area contributed by atoms with Crippen molar-refractivity contribution in [2.24, 2.45) is 0 Å². The molecule has 0 bridgehead atoms. The maximum absolute atomic E-state index is 13.8. The Hall–Kier alpha value is -3.02. The van der Waals surface area contributed by atoms with E-state index in [0.29, 0.717) is 33.5 Å². The molecule has 0 atom stereocenters. The second kappa shape index (κ2) is 5.40. The molecule has 6 heteroatoms. The summed E-state index contributed by atoms with van der Waals surface area (Å²) in [7, 11) is 1.41. The molecule has 0 fully saturated rings. The highest BCUT2D eigenvalue weighted by Gasteiger charge is 2.09. The summed E-state index contributed by atoms with van der Waals surface area (Å²) in [6.45, 7) is 0. The lowest BCUT2D eigenvalue weighted by Gasteiger charge is -2.07. The van der Waals surface area contributed by atoms with Crippen molar-refractivity contribution in [2.45, 2.75) is 0 Å². The van der Waals surface area contributed by atoms with Crippen molar-refractivity contribution >= 4 is 22.9 Å². The molecule has 3 rings (SSSR count). The number of aromatic nitrogens is 2. The molecule has 0 radical (unpaired) electrons. The summed E-state index contributed by atoms with van der Waals surface area (Å²) >= 11 is 0. The molecule has 0 unspecified atom stereocenters. The normalized spacial score (nSPS) is 10.6. The Morgan fingerprint density at radius 3 is 2.73 bits per heavy atom. The van der Waals surface area contributed by atoms with Gasteiger partial charge in [0.25, 0.3) is 0 Å². The quantitative estimate of drug-likeness (QED) is 0.574. The number of halogens is 1. The number of nitrogens with one attached hydrogen (secondary N) is 1. The van der Waals surface area contributed by atoms with E-state index in [4.69, 9.17) is 15.9 Å². The number of hydrogen-bond acceptors (Lipinski definition) is 5. The first-order chi connectivity index (χ1) is 10.6. The van der Waals surface area contributed by atoms with Gasteiger partial charge in [0.15, 0.2) is 11.6 Å². The molecule has 0 saturated carbocycles. The van der Waals surface area contributed by atoms with Crippen LogP contribution in [0.1, 0.15) is 5.56 Å². The average molecular weight is 296 g/mol. The monoisotopic (exact) mass is 296 g/mol. The summed E-state index contributed by atoms with van der Waals surface area (Å²) < 4.78 is 18.7. The van der Waals surface area contributed by atoms with Crippen LogP contribution in [0.15, 0.2) is 36.5 Å². The van der Waals surface area contributed by atoms with Crippen LogP contribution in [-0.2, 0) is 0 Å². The van der Waals surface area contributed by atoms with Gasteiger partial charge in [-0.3, -0.25) is 4.98 Å². The zero-order valence-electron chi connectivity index (χ0n) is 11.8. The number of benzene rings is 2. The summed E-state index contributed by atoms with van der Waals surface area (Å²) in [5, 5.41) is 7.29. The summed E-state index contributed by atoms with van der Waals surface area (Å²) in [4.78, 5) is 8.76. The molecule has 3 aromatic rings. The average Bonchev–Trinajstić information content (AvgIpc) is 2.53. The van der Waals surface area contributed by atoms with Gasteiger partial charge in [-0.2, -0.15) is 0 Å². The van der Waals surface area contributed by atoms with Crippen molar-refractivity contribution in [1.82, 2.24) is 9.97 Å². The molecule has 0 aliphatic rings. The summed E-state index contributed by atoms with van der Waals surface area (Å²) in [6.07, 6.45) is 2.73. The van der Waals surface area contributed by atoms with Crippen LogP contribution in [0.5, 0.6) is 5.75 Å². The first kappa shape index (κ1) is 13.9. The lowest BCUT2D eigenvalue weighted by atomic mass is 10.1. The Morgan fingerprint density at radius 2 is 2.05 bits per heavy atom. The van der Waals surface area contributed by atoms with Gasteiger partial charge in [0, 0.05) is 23.0 Å². The number of rotatable bonds is 3. The molecular formula is C16H13FN4O. The van der Waals surface area contributed by atoms with Crippen LogP contribution in [0.3, 0.4) is 0 Å². The SMILES string of the molecule is COc1ccc(-c2cnc3cc(C=N)c(N)cc3n2)cc1F. The second-order valence-corrected chi connectivity index (χ2v) is 4.72. The van der Waals surface area contributed by atoms with E-state index >= 15 is 0 Å². The second-order valence-electron chi connectivity index (χ2n) is 4.72. The van der Waals surface area contributed by atoms with E-state index in [1.54, 1.807) is 30.5 Å². The maximum atomic E-state index is 13.8. The zero-order chi connectivity index (χ0) is 15.7. The summed E-state index contributed by atoms with van der Waals surface area (Å²) in [6, 6.07) is 7.97. The van der Waals surface area contributed by atoms with E-state index in [1.165, 1.54) is 19.4 Å². The van der Waals surface area contributed by atoms with Crippen molar-refractivity contribution in [2.75, 3.05) is 12.8 Å². The first-order valence-corrected chi connectivity index (χ1v) is 6.53. The van der Waals surface area contributed by atoms with Gasteiger partial charge in [0.05, 0.1) is 30.0 Å². The van der Waals surface area contributed by atoms with Crippen molar-refractivity contribution < 1.29 is 9.13 Å². The molecule has 5 nitrogen and oxygen atoms in total. The Morgan fingerprint density at radius 1 is 1.23 bits per heavy atom. The standard InChI is InChI=1S/C16H13FN4O/c1-22-16-3-2-9(4-11(16)17)15-8-20-13-5-10(7-18)12(19)6-14(13)21-15/h2-8,18H,19H2,1H3. The fourth-order valence-electron chi connectivity index (χ4n) is 2.18. The summed E-state index contributed by atoms with van der Waals surface area (Å²) in [5.41, 5.74) is 9.26. The number of nitrogens with two attached hydrogens (primary N) is 1. The highest BCUT2D eigenvalue weighted by atomic mass is 19.1. The molecule has 3 N–H and O–H groups in total. The van der Waals surface area contributed by atoms with Gasteiger partial charge >= 0.3 is 0 Å². The first-order valence-electron chi connectivity index (χ1n) is 6.53. The number of fused-ring (bicyclic) bond motifs is 1. The van der Waals surface area contributed by atoms with Crippen LogP contribution in [0.2, 0.25) is 0 Å². The minimum atomic E-state index is -0.458. The number of hydrogen-bond donors (Lipinski definition) is 2. The van der Waals surface area contributed by atoms with E-state index < -0.39 is 5.82 Å². The lowest BCUT2D eigenvalue weighted by molar-refractivity contribution is 0.386. The predicted molar refractivity (Wildman–Crippen MR) is 83.8 cm³/mol. The van der Waals surface area contributed by atoms with Crippen LogP contribution >= 0.6 is 0 Å². The Labute approximate surface area is 126 Å². The van der Waals surface area contributed by atoms with E-state index in [2.05, 4.69) is 9.97 Å². The molecular weight excluding hydrogens is 283 g/mol. The van der Waals surface area contributed by atoms with Crippen LogP contribution in [0.25, 0.3) is 22.3 Å². The van der Waals surface area contributed by atoms with Gasteiger partial charge in [-0.25, -0.2) is 9.37 Å². The van der Waals surface area contributed by atoms with E-state index in [-0.39, 0.29) is 5.75 Å². The van der Waals surface area contributed by atoms with Crippen LogP contribution in [0.4, 0.5) is 10.1 Å². The third-order valence-electron chi connectivity index (χ3n) is 3.35. The fourth-order valence-corrected chi connectivity index (χ4v) is 2.18. The number of ether oxygens (including phenoxy) is 1. The third kappa shape index (κ3) is 2.35. The van der Waals surface area contributed by atoms with Crippen molar-refractivity contribution in [3.63, 3.8) is 0 Å². The van der Waals surface area contributed by atoms with Gasteiger partial charge in [-0.05, 0) is 30.3 Å². The van der Waals surface area contributed by atoms with E-state index in [0.717, 1.165) is 0 Å². The van der Waals surface area contributed by atoms with Gasteiger partial charge in [0.2, 0.25) is 0 Å². The van der Waals surface area contributed by atoms with Crippen molar-refractivity contribution in [3.05, 3.63) is 47.9 Å². The molecule has 0 spiro atoms. The molecule has 1 heterocycles. The lowest BCUT2D eigenvalue weighted by Crippen LogP contribution is -1.96. The van der Waals surface area contributed by atoms with Crippen molar-refractivity contribution in [1.29, 1.82) is 5.41 Å². The van der Waals surface area contributed by atoms with Gasteiger partial charge < -0.3 is 15.9 Å². The van der Waals surface area contributed by atoms with Crippen molar-refractivity contribution in [3.8, 4) is 17.0 Å². The van der Waals surface area contributed by atoms with E-state index in [1.807, 2.05) is 0 Å². The molecule has 1 aromatic heterocycles. The molecule has 0 aliphatic carbocycles. The zero-order valence-corrected chi connectivity index (χ0v) is 11.8. The topological polar surface area (TPSA) is 84.9 Å². The fraction of sp³-hybridized carbons (Fsp3) is 0.0625. The molecule has 0 saturated heterocycles. The van der Waals surface area contributed by atoms with Crippen LogP contribution < -0.4 is 10.5 Å². The van der Waals surface area contributed by atoms with Gasteiger partial charge in [-0.1, -0.05) is 0 Å². The largest absolute Gasteiger partial charge is 0.494 e. The number of anilines is 1. The highest BCUT2D eigenvalue weighted by Crippen LogP contribution is 2.26. The number of nitrogen functional groups attached to an aromatic ring is 1. The number of nitrogens with zero attached hydrogens (tertiary/aromatic N) is 2. The molecule has 110 valence electrons. The minimum Gasteiger partial charge on any atom is -0.494 e. The molecule has 0 aliphatic heterocycles. The molecule has 0 amide bonds. The number of methoxy groups -OCH3 is 1. The van der Waals surface area contributed by atoms with Gasteiger partial charge in [0.1, 0.15) is 0 Å². The minimum absolute atomic E-state index is 0.178. The van der Waals surface area contributed by atoms with Crippen LogP contribution in [0, 0.1) is 11.2 Å². The Kier molecular flexibility index (Phi) is 3.42. The molecule has 22 heavy (non-hydrogen) atoms. The third-order valence-corrected chi connectivity index (χ3v) is 3.35. The Bertz CT molecular complexity index is 879. The smallest absolute Gasteiger partial charge is 0.165 e. The van der Waals surface area contributed by atoms with Crippen LogP contribution in [-0.4, -0.2) is 23.3 Å². The van der Waals surface area contributed by atoms with Gasteiger partial charge in [-0.15, -0.1) is 0 Å². The Balaban J connectivity index is 2.12.